The number of nitrogens with one attached hydrogen (secondary N) is 1. The molecular formula is C21H26ClN5O2. The molecule has 0 spiro atoms. The van der Waals surface area contributed by atoms with Crippen molar-refractivity contribution in [2.45, 2.75) is 32.4 Å². The van der Waals surface area contributed by atoms with E-state index in [0.29, 0.717) is 11.4 Å². The van der Waals surface area contributed by atoms with Crippen molar-refractivity contribution < 1.29 is 9.59 Å². The lowest BCUT2D eigenvalue weighted by Gasteiger charge is -2.25. The van der Waals surface area contributed by atoms with E-state index in [1.54, 1.807) is 7.05 Å². The maximum Gasteiger partial charge on any atom is 0.317 e. The van der Waals surface area contributed by atoms with Gasteiger partial charge in [-0.05, 0) is 43.7 Å². The molecule has 29 heavy (non-hydrogen) atoms. The Morgan fingerprint density at radius 3 is 2.55 bits per heavy atom. The monoisotopic (exact) mass is 415 g/mol. The lowest BCUT2D eigenvalue weighted by atomic mass is 10.0. The first-order chi connectivity index (χ1) is 13.8. The summed E-state index contributed by atoms with van der Waals surface area (Å²) in [6.07, 6.45) is 2.54. The number of hydrazone groups is 1. The molecule has 1 aromatic carbocycles. The molecule has 0 unspecified atom stereocenters. The maximum atomic E-state index is 13.1. The Morgan fingerprint density at radius 2 is 1.97 bits per heavy atom. The highest BCUT2D eigenvalue weighted by Crippen LogP contribution is 2.33. The second-order valence-electron chi connectivity index (χ2n) is 7.52. The Morgan fingerprint density at radius 1 is 1.28 bits per heavy atom. The number of amides is 3. The molecule has 1 N–H and O–H groups in total. The van der Waals surface area contributed by atoms with Crippen LogP contribution < -0.4 is 5.32 Å². The van der Waals surface area contributed by atoms with Gasteiger partial charge in [0.05, 0.1) is 17.4 Å². The van der Waals surface area contributed by atoms with Crippen molar-refractivity contribution in [3.63, 3.8) is 0 Å². The van der Waals surface area contributed by atoms with Crippen LogP contribution in [0.2, 0.25) is 5.02 Å². The molecule has 0 fully saturated rings. The van der Waals surface area contributed by atoms with Crippen molar-refractivity contribution in [1.82, 2.24) is 19.8 Å². The van der Waals surface area contributed by atoms with Crippen LogP contribution in [0.4, 0.5) is 4.79 Å². The minimum atomic E-state index is -0.290. The van der Waals surface area contributed by atoms with Gasteiger partial charge in [0, 0.05) is 37.8 Å². The van der Waals surface area contributed by atoms with Gasteiger partial charge in [-0.15, -0.1) is 0 Å². The summed E-state index contributed by atoms with van der Waals surface area (Å²) in [4.78, 5) is 26.6. The number of hydrogen-bond donors (Lipinski definition) is 1. The lowest BCUT2D eigenvalue weighted by molar-refractivity contribution is -0.133. The number of aryl methyl sites for hydroxylation is 1. The van der Waals surface area contributed by atoms with E-state index in [1.165, 1.54) is 9.91 Å². The Kier molecular flexibility index (Phi) is 6.27. The molecule has 0 saturated carbocycles. The van der Waals surface area contributed by atoms with Crippen molar-refractivity contribution >= 4 is 29.3 Å². The van der Waals surface area contributed by atoms with Crippen LogP contribution >= 0.6 is 11.6 Å². The molecule has 3 amide bonds. The van der Waals surface area contributed by atoms with Gasteiger partial charge in [-0.25, -0.2) is 9.80 Å². The van der Waals surface area contributed by atoms with Gasteiger partial charge in [0.1, 0.15) is 6.54 Å². The Labute approximate surface area is 175 Å². The van der Waals surface area contributed by atoms with Crippen molar-refractivity contribution in [3.8, 4) is 0 Å². The second-order valence-corrected chi connectivity index (χ2v) is 7.96. The van der Waals surface area contributed by atoms with Gasteiger partial charge in [-0.3, -0.25) is 4.79 Å². The summed E-state index contributed by atoms with van der Waals surface area (Å²) in [5, 5.41) is 9.55. The number of urea groups is 1. The van der Waals surface area contributed by atoms with E-state index in [-0.39, 0.29) is 30.6 Å². The highest BCUT2D eigenvalue weighted by atomic mass is 35.5. The zero-order valence-electron chi connectivity index (χ0n) is 17.1. The molecule has 1 aromatic heterocycles. The maximum absolute atomic E-state index is 13.1. The first-order valence-corrected chi connectivity index (χ1v) is 9.92. The summed E-state index contributed by atoms with van der Waals surface area (Å²) in [5.41, 5.74) is 2.75. The fraction of sp³-hybridized carbons (Fsp3) is 0.381. The molecule has 3 rings (SSSR count). The van der Waals surface area contributed by atoms with Gasteiger partial charge in [0.2, 0.25) is 0 Å². The van der Waals surface area contributed by atoms with Gasteiger partial charge in [0.15, 0.2) is 0 Å². The number of likely N-dealkylation sites (N-methyl/N-ethyl adjacent to an activating group) is 1. The van der Waals surface area contributed by atoms with Crippen LogP contribution in [0.5, 0.6) is 0 Å². The minimum absolute atomic E-state index is 0.00406. The topological polar surface area (TPSA) is 69.9 Å². The third-order valence-electron chi connectivity index (χ3n) is 4.79. The smallest absolute Gasteiger partial charge is 0.317 e. The molecule has 1 aliphatic heterocycles. The normalized spacial score (nSPS) is 16.1. The number of aromatic nitrogens is 1. The van der Waals surface area contributed by atoms with Crippen molar-refractivity contribution in [1.29, 1.82) is 0 Å². The third-order valence-corrected chi connectivity index (χ3v) is 5.04. The zero-order chi connectivity index (χ0) is 21.1. The van der Waals surface area contributed by atoms with E-state index in [9.17, 15) is 9.59 Å². The number of rotatable bonds is 5. The molecule has 0 aliphatic carbocycles. The number of carbonyl (C=O) groups excluding carboxylic acids is 2. The van der Waals surface area contributed by atoms with Crippen LogP contribution in [0.15, 0.2) is 47.7 Å². The summed E-state index contributed by atoms with van der Waals surface area (Å²) >= 11 is 6.03. The zero-order valence-corrected chi connectivity index (χ0v) is 17.8. The van der Waals surface area contributed by atoms with Crippen LogP contribution in [0.1, 0.15) is 37.6 Å². The lowest BCUT2D eigenvalue weighted by Crippen LogP contribution is -2.45. The van der Waals surface area contributed by atoms with Crippen molar-refractivity contribution in [3.05, 3.63) is 58.9 Å². The SMILES string of the molecule is CC(C)NC(=O)N(C)CC(=O)N1N=C(c2cccn2C)C[C@H]1c1ccc(Cl)cc1. The van der Waals surface area contributed by atoms with E-state index in [1.807, 2.05) is 68.1 Å². The van der Waals surface area contributed by atoms with E-state index in [4.69, 9.17) is 11.6 Å². The van der Waals surface area contributed by atoms with E-state index >= 15 is 0 Å². The van der Waals surface area contributed by atoms with E-state index < -0.39 is 0 Å². The highest BCUT2D eigenvalue weighted by Gasteiger charge is 2.34. The molecule has 1 aliphatic rings. The fourth-order valence-corrected chi connectivity index (χ4v) is 3.43. The van der Waals surface area contributed by atoms with Gasteiger partial charge >= 0.3 is 6.03 Å². The first kappa shape index (κ1) is 20.9. The molecule has 2 aromatic rings. The first-order valence-electron chi connectivity index (χ1n) is 9.54. The third kappa shape index (κ3) is 4.79. The molecular weight excluding hydrogens is 390 g/mol. The van der Waals surface area contributed by atoms with Crippen LogP contribution in [0.3, 0.4) is 0 Å². The predicted molar refractivity (Wildman–Crippen MR) is 114 cm³/mol. The average Bonchev–Trinajstić information content (AvgIpc) is 3.28. The molecule has 0 radical (unpaired) electrons. The van der Waals surface area contributed by atoms with Gasteiger partial charge in [0.25, 0.3) is 5.91 Å². The molecule has 154 valence electrons. The molecule has 0 bridgehead atoms. The highest BCUT2D eigenvalue weighted by molar-refractivity contribution is 6.30. The summed E-state index contributed by atoms with van der Waals surface area (Å²) in [7, 11) is 3.55. The number of benzene rings is 1. The second kappa shape index (κ2) is 8.69. The summed E-state index contributed by atoms with van der Waals surface area (Å²) < 4.78 is 1.98. The van der Waals surface area contributed by atoms with Crippen LogP contribution in [-0.2, 0) is 11.8 Å². The molecule has 1 atom stereocenters. The Hall–Kier alpha value is -2.80. The number of carbonyl (C=O) groups is 2. The van der Waals surface area contributed by atoms with Crippen LogP contribution in [-0.4, -0.2) is 51.8 Å². The number of nitrogens with zero attached hydrogens (tertiary/aromatic N) is 4. The average molecular weight is 416 g/mol. The molecule has 2 heterocycles. The minimum Gasteiger partial charge on any atom is -0.350 e. The van der Waals surface area contributed by atoms with Crippen LogP contribution in [0.25, 0.3) is 0 Å². The Balaban J connectivity index is 1.85. The summed E-state index contributed by atoms with van der Waals surface area (Å²) in [6, 6.07) is 10.8. The predicted octanol–water partition coefficient (Wildman–Crippen LogP) is 3.41. The van der Waals surface area contributed by atoms with Crippen molar-refractivity contribution in [2.24, 2.45) is 12.1 Å². The van der Waals surface area contributed by atoms with Gasteiger partial charge < -0.3 is 14.8 Å². The number of hydrogen-bond acceptors (Lipinski definition) is 3. The fourth-order valence-electron chi connectivity index (χ4n) is 3.30. The summed E-state index contributed by atoms with van der Waals surface area (Å²) in [6.45, 7) is 3.69. The van der Waals surface area contributed by atoms with E-state index in [2.05, 4.69) is 10.4 Å². The Bertz CT molecular complexity index is 919. The quantitative estimate of drug-likeness (QED) is 0.812. The summed E-state index contributed by atoms with van der Waals surface area (Å²) in [5.74, 6) is -0.240. The van der Waals surface area contributed by atoms with Crippen LogP contribution in [0, 0.1) is 0 Å². The molecule has 8 heteroatoms. The molecule has 0 saturated heterocycles. The van der Waals surface area contributed by atoms with Gasteiger partial charge in [-0.1, -0.05) is 23.7 Å². The molecule has 7 nitrogen and oxygen atoms in total. The number of halogens is 1. The van der Waals surface area contributed by atoms with Gasteiger partial charge in [-0.2, -0.15) is 5.10 Å². The van der Waals surface area contributed by atoms with Crippen molar-refractivity contribution in [2.75, 3.05) is 13.6 Å². The van der Waals surface area contributed by atoms with E-state index in [0.717, 1.165) is 17.0 Å². The standard InChI is InChI=1S/C21H26ClN5O2/c1-14(2)23-21(29)26(4)13-20(28)27-19(15-7-9-16(22)10-8-15)12-17(24-27)18-6-5-11-25(18)3/h5-11,14,19H,12-13H2,1-4H3,(H,23,29)/t19-/m0/s1. The largest absolute Gasteiger partial charge is 0.350 e.